The highest BCUT2D eigenvalue weighted by Crippen LogP contribution is 2.29. The number of benzene rings is 1. The predicted molar refractivity (Wildman–Crippen MR) is 62.7 cm³/mol. The van der Waals surface area contributed by atoms with Crippen LogP contribution in [-0.2, 0) is 6.54 Å². The predicted octanol–water partition coefficient (Wildman–Crippen LogP) is 2.69. The van der Waals surface area contributed by atoms with Gasteiger partial charge in [-0.1, -0.05) is 30.0 Å². The number of rotatable bonds is 3. The number of pyridine rings is 1. The Balaban J connectivity index is 2.24. The van der Waals surface area contributed by atoms with Gasteiger partial charge in [-0.2, -0.15) is 0 Å². The molecule has 15 heavy (non-hydrogen) atoms. The van der Waals surface area contributed by atoms with Gasteiger partial charge >= 0.3 is 0 Å². The molecule has 0 aliphatic carbocycles. The quantitative estimate of drug-likeness (QED) is 0.857. The molecule has 0 atom stereocenters. The van der Waals surface area contributed by atoms with E-state index in [1.807, 2.05) is 30.5 Å². The lowest BCUT2D eigenvalue weighted by Gasteiger charge is -2.05. The van der Waals surface area contributed by atoms with Crippen LogP contribution in [0.25, 0.3) is 0 Å². The first-order chi connectivity index (χ1) is 7.40. The van der Waals surface area contributed by atoms with Gasteiger partial charge in [-0.05, 0) is 23.8 Å². The molecule has 2 N–H and O–H groups in total. The Bertz CT molecular complexity index is 429. The van der Waals surface area contributed by atoms with Gasteiger partial charge in [-0.25, -0.2) is 0 Å². The average Bonchev–Trinajstić information content (AvgIpc) is 2.31. The van der Waals surface area contributed by atoms with Crippen LogP contribution in [0.3, 0.4) is 0 Å². The Morgan fingerprint density at radius 1 is 1.13 bits per heavy atom. The summed E-state index contributed by atoms with van der Waals surface area (Å²) >= 11 is 1.70. The summed E-state index contributed by atoms with van der Waals surface area (Å²) in [6.45, 7) is 0.553. The van der Waals surface area contributed by atoms with Crippen molar-refractivity contribution < 1.29 is 0 Å². The number of hydrogen-bond acceptors (Lipinski definition) is 3. The summed E-state index contributed by atoms with van der Waals surface area (Å²) in [6.07, 6.45) is 3.64. The Labute approximate surface area is 93.5 Å². The fourth-order valence-electron chi connectivity index (χ4n) is 1.28. The fraction of sp³-hybridized carbons (Fsp3) is 0.0833. The molecule has 1 aromatic heterocycles. The lowest BCUT2D eigenvalue weighted by molar-refractivity contribution is 1.00. The van der Waals surface area contributed by atoms with Crippen LogP contribution in [0, 0.1) is 0 Å². The summed E-state index contributed by atoms with van der Waals surface area (Å²) in [5, 5.41) is 0. The van der Waals surface area contributed by atoms with Gasteiger partial charge in [0.25, 0.3) is 0 Å². The van der Waals surface area contributed by atoms with E-state index >= 15 is 0 Å². The van der Waals surface area contributed by atoms with E-state index in [0.29, 0.717) is 6.54 Å². The minimum Gasteiger partial charge on any atom is -0.326 e. The van der Waals surface area contributed by atoms with Crippen molar-refractivity contribution in [2.24, 2.45) is 5.73 Å². The average molecular weight is 216 g/mol. The normalized spacial score (nSPS) is 10.2. The minimum atomic E-state index is 0.553. The maximum absolute atomic E-state index is 5.66. The number of hydrogen-bond donors (Lipinski definition) is 1. The summed E-state index contributed by atoms with van der Waals surface area (Å²) in [7, 11) is 0. The highest BCUT2D eigenvalue weighted by Gasteiger charge is 2.02. The van der Waals surface area contributed by atoms with E-state index in [9.17, 15) is 0 Å². The van der Waals surface area contributed by atoms with Crippen molar-refractivity contribution in [1.29, 1.82) is 0 Å². The van der Waals surface area contributed by atoms with Crippen molar-refractivity contribution in [2.75, 3.05) is 0 Å². The molecule has 2 aromatic rings. The lowest BCUT2D eigenvalue weighted by Crippen LogP contribution is -1.98. The molecule has 3 heteroatoms. The third kappa shape index (κ3) is 2.58. The smallest absolute Gasteiger partial charge is 0.0410 e. The van der Waals surface area contributed by atoms with Gasteiger partial charge < -0.3 is 5.73 Å². The largest absolute Gasteiger partial charge is 0.326 e. The molecule has 0 saturated carbocycles. The molecule has 0 amide bonds. The summed E-state index contributed by atoms with van der Waals surface area (Å²) in [6, 6.07) is 12.2. The monoisotopic (exact) mass is 216 g/mol. The zero-order valence-electron chi connectivity index (χ0n) is 8.26. The molecular weight excluding hydrogens is 204 g/mol. The first-order valence-electron chi connectivity index (χ1n) is 4.76. The molecule has 0 aliphatic heterocycles. The topological polar surface area (TPSA) is 38.9 Å². The van der Waals surface area contributed by atoms with Crippen molar-refractivity contribution in [2.45, 2.75) is 16.3 Å². The fourth-order valence-corrected chi connectivity index (χ4v) is 2.23. The first-order valence-corrected chi connectivity index (χ1v) is 5.57. The lowest BCUT2D eigenvalue weighted by atomic mass is 10.3. The molecule has 0 aliphatic rings. The molecule has 0 saturated heterocycles. The molecule has 1 heterocycles. The summed E-state index contributed by atoms with van der Waals surface area (Å²) < 4.78 is 0. The Morgan fingerprint density at radius 2 is 1.93 bits per heavy atom. The summed E-state index contributed by atoms with van der Waals surface area (Å²) in [5.74, 6) is 0. The van der Waals surface area contributed by atoms with E-state index in [-0.39, 0.29) is 0 Å². The highest BCUT2D eigenvalue weighted by molar-refractivity contribution is 7.99. The molecule has 0 bridgehead atoms. The zero-order valence-corrected chi connectivity index (χ0v) is 9.08. The Kier molecular flexibility index (Phi) is 3.37. The minimum absolute atomic E-state index is 0.553. The van der Waals surface area contributed by atoms with Crippen molar-refractivity contribution in [3.05, 3.63) is 54.4 Å². The molecular formula is C12H12N2S. The molecule has 2 rings (SSSR count). The molecule has 2 nitrogen and oxygen atoms in total. The summed E-state index contributed by atoms with van der Waals surface area (Å²) in [5.41, 5.74) is 6.80. The second-order valence-electron chi connectivity index (χ2n) is 3.10. The standard InChI is InChI=1S/C12H12N2S/c13-8-10-6-7-14-9-12(10)15-11-4-2-1-3-5-11/h1-7,9H,8,13H2. The maximum Gasteiger partial charge on any atom is 0.0410 e. The Morgan fingerprint density at radius 3 is 2.67 bits per heavy atom. The first kappa shape index (κ1) is 10.2. The number of aromatic nitrogens is 1. The number of nitrogens with zero attached hydrogens (tertiary/aromatic N) is 1. The van der Waals surface area contributed by atoms with E-state index in [0.717, 1.165) is 10.5 Å². The van der Waals surface area contributed by atoms with E-state index in [4.69, 9.17) is 5.73 Å². The van der Waals surface area contributed by atoms with Crippen LogP contribution < -0.4 is 5.73 Å². The van der Waals surface area contributed by atoms with Crippen LogP contribution in [0.1, 0.15) is 5.56 Å². The molecule has 76 valence electrons. The van der Waals surface area contributed by atoms with Crippen molar-refractivity contribution in [3.8, 4) is 0 Å². The second kappa shape index (κ2) is 4.96. The van der Waals surface area contributed by atoms with Gasteiger partial charge in [-0.3, -0.25) is 4.98 Å². The van der Waals surface area contributed by atoms with E-state index in [2.05, 4.69) is 17.1 Å². The Hall–Kier alpha value is -1.32. The second-order valence-corrected chi connectivity index (χ2v) is 4.22. The van der Waals surface area contributed by atoms with Crippen LogP contribution >= 0.6 is 11.8 Å². The van der Waals surface area contributed by atoms with Crippen molar-refractivity contribution in [3.63, 3.8) is 0 Å². The van der Waals surface area contributed by atoms with Gasteiger partial charge in [-0.15, -0.1) is 0 Å². The zero-order chi connectivity index (χ0) is 10.5. The maximum atomic E-state index is 5.66. The van der Waals surface area contributed by atoms with E-state index in [1.165, 1.54) is 4.90 Å². The van der Waals surface area contributed by atoms with Gasteiger partial charge in [0.1, 0.15) is 0 Å². The molecule has 1 aromatic carbocycles. The van der Waals surface area contributed by atoms with E-state index < -0.39 is 0 Å². The van der Waals surface area contributed by atoms with Crippen LogP contribution in [0.2, 0.25) is 0 Å². The molecule has 0 unspecified atom stereocenters. The van der Waals surface area contributed by atoms with Gasteiger partial charge in [0, 0.05) is 28.7 Å². The molecule has 0 fully saturated rings. The van der Waals surface area contributed by atoms with Crippen LogP contribution in [0.5, 0.6) is 0 Å². The molecule has 0 spiro atoms. The highest BCUT2D eigenvalue weighted by atomic mass is 32.2. The van der Waals surface area contributed by atoms with Crippen LogP contribution in [0.15, 0.2) is 58.6 Å². The van der Waals surface area contributed by atoms with Crippen LogP contribution in [-0.4, -0.2) is 4.98 Å². The van der Waals surface area contributed by atoms with Crippen LogP contribution in [0.4, 0.5) is 0 Å². The van der Waals surface area contributed by atoms with E-state index in [1.54, 1.807) is 18.0 Å². The summed E-state index contributed by atoms with van der Waals surface area (Å²) in [4.78, 5) is 6.45. The number of nitrogens with two attached hydrogens (primary N) is 1. The SMILES string of the molecule is NCc1ccncc1Sc1ccccc1. The van der Waals surface area contributed by atoms with Crippen molar-refractivity contribution >= 4 is 11.8 Å². The van der Waals surface area contributed by atoms with Gasteiger partial charge in [0.2, 0.25) is 0 Å². The van der Waals surface area contributed by atoms with Gasteiger partial charge in [0.05, 0.1) is 0 Å². The van der Waals surface area contributed by atoms with Crippen molar-refractivity contribution in [1.82, 2.24) is 4.98 Å². The third-order valence-electron chi connectivity index (χ3n) is 2.06. The van der Waals surface area contributed by atoms with Gasteiger partial charge in [0.15, 0.2) is 0 Å². The third-order valence-corrected chi connectivity index (χ3v) is 3.16. The molecule has 0 radical (unpaired) electrons.